The third-order valence-electron chi connectivity index (χ3n) is 4.27. The average molecular weight is 369 g/mol. The molecule has 134 valence electrons. The van der Waals surface area contributed by atoms with E-state index < -0.39 is 0 Å². The van der Waals surface area contributed by atoms with E-state index in [0.29, 0.717) is 12.5 Å². The van der Waals surface area contributed by atoms with Crippen molar-refractivity contribution in [3.05, 3.63) is 42.7 Å². The van der Waals surface area contributed by atoms with Crippen LogP contribution in [-0.4, -0.2) is 48.9 Å². The van der Waals surface area contributed by atoms with Crippen molar-refractivity contribution in [1.29, 1.82) is 0 Å². The zero-order valence-electron chi connectivity index (χ0n) is 14.3. The smallest absolute Gasteiger partial charge is 0.248 e. The molecule has 1 aliphatic rings. The molecule has 0 bridgehead atoms. The maximum atomic E-state index is 11.8. The molecule has 0 aromatic carbocycles. The number of hydrogen-bond acceptors (Lipinski definition) is 7. The summed E-state index contributed by atoms with van der Waals surface area (Å²) in [6.45, 7) is 6.85. The van der Waals surface area contributed by atoms with Crippen molar-refractivity contribution >= 4 is 39.7 Å². The van der Waals surface area contributed by atoms with Crippen LogP contribution in [0.25, 0.3) is 5.52 Å². The molecule has 8 nitrogen and oxygen atoms in total. The average Bonchev–Trinajstić information content (AvgIpc) is 3.35. The van der Waals surface area contributed by atoms with Crippen molar-refractivity contribution in [2.45, 2.75) is 19.4 Å². The molecule has 0 aliphatic carbocycles. The lowest BCUT2D eigenvalue weighted by Crippen LogP contribution is -2.30. The van der Waals surface area contributed by atoms with Gasteiger partial charge in [-0.1, -0.05) is 6.58 Å². The van der Waals surface area contributed by atoms with Crippen LogP contribution in [0.3, 0.4) is 0 Å². The number of nitrogens with zero attached hydrogens (tertiary/aromatic N) is 5. The molecule has 0 saturated carbocycles. The van der Waals surface area contributed by atoms with Gasteiger partial charge in [-0.2, -0.15) is 9.36 Å². The Morgan fingerprint density at radius 3 is 3.15 bits per heavy atom. The van der Waals surface area contributed by atoms with Gasteiger partial charge in [0.1, 0.15) is 10.5 Å². The third-order valence-corrected chi connectivity index (χ3v) is 5.07. The third kappa shape index (κ3) is 3.25. The van der Waals surface area contributed by atoms with Gasteiger partial charge in [0, 0.05) is 25.3 Å². The highest BCUT2D eigenvalue weighted by Crippen LogP contribution is 2.24. The molecule has 3 aromatic heterocycles. The second kappa shape index (κ2) is 6.75. The molecule has 0 spiro atoms. The van der Waals surface area contributed by atoms with E-state index in [1.165, 1.54) is 17.6 Å². The van der Waals surface area contributed by atoms with Crippen LogP contribution in [0, 0.1) is 6.92 Å². The van der Waals surface area contributed by atoms with Crippen LogP contribution < -0.4 is 10.6 Å². The van der Waals surface area contributed by atoms with Crippen molar-refractivity contribution < 1.29 is 4.79 Å². The van der Waals surface area contributed by atoms with Crippen molar-refractivity contribution in [3.63, 3.8) is 0 Å². The van der Waals surface area contributed by atoms with E-state index in [-0.39, 0.29) is 11.9 Å². The Morgan fingerprint density at radius 2 is 2.38 bits per heavy atom. The minimum atomic E-state index is -0.0345. The van der Waals surface area contributed by atoms with Gasteiger partial charge in [-0.05, 0) is 49.2 Å². The van der Waals surface area contributed by atoms with E-state index >= 15 is 0 Å². The highest BCUT2D eigenvalue weighted by Gasteiger charge is 2.25. The Balaban J connectivity index is 1.57. The molecule has 4 heterocycles. The quantitative estimate of drug-likeness (QED) is 0.672. The summed E-state index contributed by atoms with van der Waals surface area (Å²) in [7, 11) is 0. The Morgan fingerprint density at radius 1 is 1.50 bits per heavy atom. The SMILES string of the molecule is C=CC(=O)N1CC[C@@H](Nc2nc(Nc3cc(C)ns3)nn3cccc23)C1. The van der Waals surface area contributed by atoms with E-state index in [9.17, 15) is 4.79 Å². The van der Waals surface area contributed by atoms with Crippen LogP contribution in [0.5, 0.6) is 0 Å². The second-order valence-electron chi connectivity index (χ2n) is 6.20. The Bertz CT molecular complexity index is 963. The van der Waals surface area contributed by atoms with E-state index in [1.54, 1.807) is 9.42 Å². The number of anilines is 3. The molecular weight excluding hydrogens is 350 g/mol. The summed E-state index contributed by atoms with van der Waals surface area (Å²) >= 11 is 1.37. The van der Waals surface area contributed by atoms with Gasteiger partial charge < -0.3 is 15.5 Å². The van der Waals surface area contributed by atoms with Gasteiger partial charge in [-0.15, -0.1) is 5.10 Å². The minimum Gasteiger partial charge on any atom is -0.364 e. The zero-order chi connectivity index (χ0) is 18.1. The number of nitrogens with one attached hydrogen (secondary N) is 2. The molecule has 2 N–H and O–H groups in total. The maximum absolute atomic E-state index is 11.8. The Labute approximate surface area is 154 Å². The van der Waals surface area contributed by atoms with Gasteiger partial charge in [-0.25, -0.2) is 4.52 Å². The number of aryl methyl sites for hydroxylation is 1. The van der Waals surface area contributed by atoms with E-state index in [0.717, 1.165) is 35.0 Å². The summed E-state index contributed by atoms with van der Waals surface area (Å²) in [5.41, 5.74) is 1.85. The number of hydrogen-bond donors (Lipinski definition) is 2. The first-order valence-electron chi connectivity index (χ1n) is 8.36. The van der Waals surface area contributed by atoms with Crippen LogP contribution in [0.1, 0.15) is 12.1 Å². The highest BCUT2D eigenvalue weighted by molar-refractivity contribution is 7.10. The fraction of sp³-hybridized carbons (Fsp3) is 0.294. The van der Waals surface area contributed by atoms with Crippen LogP contribution in [0.15, 0.2) is 37.1 Å². The van der Waals surface area contributed by atoms with Crippen LogP contribution >= 0.6 is 11.5 Å². The topological polar surface area (TPSA) is 87.5 Å². The molecule has 0 unspecified atom stereocenters. The number of likely N-dealkylation sites (tertiary alicyclic amines) is 1. The summed E-state index contributed by atoms with van der Waals surface area (Å²) in [4.78, 5) is 18.2. The molecule has 1 atom stereocenters. The molecule has 9 heteroatoms. The first kappa shape index (κ1) is 16.5. The number of fused-ring (bicyclic) bond motifs is 1. The van der Waals surface area contributed by atoms with Gasteiger partial charge in [0.2, 0.25) is 11.9 Å². The lowest BCUT2D eigenvalue weighted by atomic mass is 10.2. The first-order chi connectivity index (χ1) is 12.6. The van der Waals surface area contributed by atoms with E-state index in [4.69, 9.17) is 0 Å². The van der Waals surface area contributed by atoms with Crippen molar-refractivity contribution in [2.75, 3.05) is 23.7 Å². The van der Waals surface area contributed by atoms with Crippen molar-refractivity contribution in [2.24, 2.45) is 0 Å². The van der Waals surface area contributed by atoms with Crippen molar-refractivity contribution in [1.82, 2.24) is 23.9 Å². The summed E-state index contributed by atoms with van der Waals surface area (Å²) < 4.78 is 6.04. The first-order valence-corrected chi connectivity index (χ1v) is 9.13. The Hall–Kier alpha value is -2.94. The number of aromatic nitrogens is 4. The van der Waals surface area contributed by atoms with Crippen molar-refractivity contribution in [3.8, 4) is 0 Å². The zero-order valence-corrected chi connectivity index (χ0v) is 15.2. The largest absolute Gasteiger partial charge is 0.364 e. The number of carbonyl (C=O) groups is 1. The monoisotopic (exact) mass is 369 g/mol. The van der Waals surface area contributed by atoms with Crippen LogP contribution in [0.2, 0.25) is 0 Å². The van der Waals surface area contributed by atoms with E-state index in [2.05, 4.69) is 31.7 Å². The molecule has 1 fully saturated rings. The number of amides is 1. The minimum absolute atomic E-state index is 0.0345. The molecule has 1 aliphatic heterocycles. The summed E-state index contributed by atoms with van der Waals surface area (Å²) in [6, 6.07) is 5.99. The lowest BCUT2D eigenvalue weighted by Gasteiger charge is -2.16. The molecule has 0 radical (unpaired) electrons. The van der Waals surface area contributed by atoms with E-state index in [1.807, 2.05) is 31.3 Å². The van der Waals surface area contributed by atoms with Gasteiger partial charge in [0.05, 0.1) is 5.69 Å². The molecule has 1 saturated heterocycles. The van der Waals surface area contributed by atoms with Crippen LogP contribution in [0.4, 0.5) is 16.8 Å². The maximum Gasteiger partial charge on any atom is 0.248 e. The predicted octanol–water partition coefficient (Wildman–Crippen LogP) is 2.44. The van der Waals surface area contributed by atoms with Crippen LogP contribution in [-0.2, 0) is 4.79 Å². The Kier molecular flexibility index (Phi) is 4.29. The molecule has 3 aromatic rings. The number of carbonyl (C=O) groups excluding carboxylic acids is 1. The molecule has 26 heavy (non-hydrogen) atoms. The fourth-order valence-electron chi connectivity index (χ4n) is 3.03. The fourth-order valence-corrected chi connectivity index (χ4v) is 3.68. The van der Waals surface area contributed by atoms with Gasteiger partial charge in [0.15, 0.2) is 5.82 Å². The summed E-state index contributed by atoms with van der Waals surface area (Å²) in [5, 5.41) is 12.0. The molecule has 1 amide bonds. The normalized spacial score (nSPS) is 16.8. The standard InChI is InChI=1S/C17H19N7OS/c1-3-15(25)23-8-6-12(10-23)18-16-13-5-4-7-24(13)21-17(20-16)19-14-9-11(2)22-26-14/h3-5,7,9,12H,1,6,8,10H2,2H3,(H2,18,19,20,21)/t12-/m1/s1. The second-order valence-corrected chi connectivity index (χ2v) is 7.00. The summed E-state index contributed by atoms with van der Waals surface area (Å²) in [6.07, 6.45) is 4.11. The molecule has 4 rings (SSSR count). The summed E-state index contributed by atoms with van der Waals surface area (Å²) in [5.74, 6) is 1.20. The highest BCUT2D eigenvalue weighted by atomic mass is 32.1. The molecular formula is C17H19N7OS. The van der Waals surface area contributed by atoms with Gasteiger partial charge in [-0.3, -0.25) is 4.79 Å². The lowest BCUT2D eigenvalue weighted by molar-refractivity contribution is -0.125. The number of rotatable bonds is 5. The van der Waals surface area contributed by atoms with Gasteiger partial charge in [0.25, 0.3) is 0 Å². The van der Waals surface area contributed by atoms with Gasteiger partial charge >= 0.3 is 0 Å². The predicted molar refractivity (Wildman–Crippen MR) is 102 cm³/mol.